The van der Waals surface area contributed by atoms with Gasteiger partial charge in [0.05, 0.1) is 6.61 Å². The van der Waals surface area contributed by atoms with Crippen molar-refractivity contribution in [2.24, 2.45) is 5.92 Å². The van der Waals surface area contributed by atoms with Crippen molar-refractivity contribution < 1.29 is 10.2 Å². The van der Waals surface area contributed by atoms with Gasteiger partial charge in [0.1, 0.15) is 0 Å². The Morgan fingerprint density at radius 1 is 1.21 bits per heavy atom. The van der Waals surface area contributed by atoms with Crippen LogP contribution >= 0.6 is 0 Å². The molecule has 0 spiro atoms. The Balaban J connectivity index is 3.79. The third-order valence-corrected chi connectivity index (χ3v) is 2.82. The van der Waals surface area contributed by atoms with E-state index in [9.17, 15) is 5.11 Å². The fourth-order valence-corrected chi connectivity index (χ4v) is 1.53. The van der Waals surface area contributed by atoms with E-state index < -0.39 is 0 Å². The van der Waals surface area contributed by atoms with Crippen LogP contribution in [0.2, 0.25) is 0 Å². The summed E-state index contributed by atoms with van der Waals surface area (Å²) in [5, 5.41) is 21.3. The maximum Gasteiger partial charge on any atom is 0.0587 e. The fraction of sp³-hybridized carbons (Fsp3) is 1.00. The van der Waals surface area contributed by atoms with Gasteiger partial charge in [0.25, 0.3) is 0 Å². The summed E-state index contributed by atoms with van der Waals surface area (Å²) in [6.07, 6.45) is 2.86. The first-order valence-corrected chi connectivity index (χ1v) is 5.63. The summed E-state index contributed by atoms with van der Waals surface area (Å²) in [6.45, 7) is 6.82. The average Bonchev–Trinajstić information content (AvgIpc) is 2.21. The lowest BCUT2D eigenvalue weighted by Gasteiger charge is -2.26. The van der Waals surface area contributed by atoms with Crippen molar-refractivity contribution in [2.45, 2.75) is 52.1 Å². The van der Waals surface area contributed by atoms with E-state index in [2.05, 4.69) is 26.1 Å². The Hall–Kier alpha value is -0.120. The second-order valence-corrected chi connectivity index (χ2v) is 4.11. The van der Waals surface area contributed by atoms with Crippen molar-refractivity contribution in [1.82, 2.24) is 5.32 Å². The molecule has 0 aromatic rings. The molecule has 0 fully saturated rings. The van der Waals surface area contributed by atoms with Crippen LogP contribution in [0.25, 0.3) is 0 Å². The summed E-state index contributed by atoms with van der Waals surface area (Å²) in [5.41, 5.74) is 0. The van der Waals surface area contributed by atoms with Gasteiger partial charge in [-0.15, -0.1) is 0 Å². The molecule has 0 aliphatic carbocycles. The minimum Gasteiger partial charge on any atom is -0.396 e. The summed E-state index contributed by atoms with van der Waals surface area (Å²) in [7, 11) is 0. The zero-order valence-electron chi connectivity index (χ0n) is 9.66. The van der Waals surface area contributed by atoms with Crippen molar-refractivity contribution in [3.05, 3.63) is 0 Å². The van der Waals surface area contributed by atoms with Crippen LogP contribution in [0.15, 0.2) is 0 Å². The number of aliphatic hydroxyl groups excluding tert-OH is 2. The minimum absolute atomic E-state index is 0.189. The highest BCUT2D eigenvalue weighted by Gasteiger charge is 2.16. The number of aliphatic hydroxyl groups is 2. The van der Waals surface area contributed by atoms with Crippen molar-refractivity contribution in [3.63, 3.8) is 0 Å². The lowest BCUT2D eigenvalue weighted by Crippen LogP contribution is -2.43. The summed E-state index contributed by atoms with van der Waals surface area (Å²) >= 11 is 0. The molecule has 0 heterocycles. The maximum atomic E-state index is 9.19. The summed E-state index contributed by atoms with van der Waals surface area (Å²) in [5.74, 6) is 0.497. The predicted octanol–water partition coefficient (Wildman–Crippen LogP) is 1.14. The van der Waals surface area contributed by atoms with Crippen LogP contribution in [0.3, 0.4) is 0 Å². The molecule has 3 N–H and O–H groups in total. The highest BCUT2D eigenvalue weighted by atomic mass is 16.3. The van der Waals surface area contributed by atoms with Crippen molar-refractivity contribution in [3.8, 4) is 0 Å². The van der Waals surface area contributed by atoms with Gasteiger partial charge in [0.2, 0.25) is 0 Å². The monoisotopic (exact) mass is 203 g/mol. The van der Waals surface area contributed by atoms with E-state index in [1.54, 1.807) is 0 Å². The van der Waals surface area contributed by atoms with Gasteiger partial charge in [-0.3, -0.25) is 0 Å². The highest BCUT2D eigenvalue weighted by Crippen LogP contribution is 2.09. The van der Waals surface area contributed by atoms with Crippen LogP contribution in [-0.4, -0.2) is 35.5 Å². The van der Waals surface area contributed by atoms with E-state index in [0.29, 0.717) is 12.0 Å². The zero-order chi connectivity index (χ0) is 11.0. The molecule has 0 aromatic heterocycles. The predicted molar refractivity (Wildman–Crippen MR) is 59.2 cm³/mol. The molecule has 0 saturated heterocycles. The van der Waals surface area contributed by atoms with Gasteiger partial charge in [-0.25, -0.2) is 0 Å². The molecule has 0 saturated carbocycles. The van der Waals surface area contributed by atoms with Crippen LogP contribution in [0.4, 0.5) is 0 Å². The van der Waals surface area contributed by atoms with Crippen LogP contribution in [0.5, 0.6) is 0 Å². The molecule has 0 aliphatic rings. The van der Waals surface area contributed by atoms with Crippen LogP contribution in [0.1, 0.15) is 40.0 Å². The summed E-state index contributed by atoms with van der Waals surface area (Å²) in [6, 6.07) is 0.557. The van der Waals surface area contributed by atoms with Crippen LogP contribution < -0.4 is 5.32 Å². The van der Waals surface area contributed by atoms with Crippen molar-refractivity contribution in [2.75, 3.05) is 13.2 Å². The number of hydrogen-bond acceptors (Lipinski definition) is 3. The van der Waals surface area contributed by atoms with Crippen LogP contribution in [0, 0.1) is 5.92 Å². The van der Waals surface area contributed by atoms with Gasteiger partial charge >= 0.3 is 0 Å². The molecule has 14 heavy (non-hydrogen) atoms. The third-order valence-electron chi connectivity index (χ3n) is 2.82. The Kier molecular flexibility index (Phi) is 8.14. The van der Waals surface area contributed by atoms with Crippen LogP contribution in [-0.2, 0) is 0 Å². The molecule has 3 unspecified atom stereocenters. The molecule has 0 amide bonds. The zero-order valence-corrected chi connectivity index (χ0v) is 9.66. The van der Waals surface area contributed by atoms with Gasteiger partial charge < -0.3 is 15.5 Å². The van der Waals surface area contributed by atoms with Gasteiger partial charge in [0.15, 0.2) is 0 Å². The molecule has 0 rings (SSSR count). The molecule has 0 bridgehead atoms. The van der Waals surface area contributed by atoms with Crippen molar-refractivity contribution >= 4 is 0 Å². The topological polar surface area (TPSA) is 52.5 Å². The van der Waals surface area contributed by atoms with E-state index in [1.807, 2.05) is 0 Å². The summed E-state index contributed by atoms with van der Waals surface area (Å²) in [4.78, 5) is 0. The number of nitrogens with one attached hydrogen (secondary N) is 1. The summed E-state index contributed by atoms with van der Waals surface area (Å²) < 4.78 is 0. The smallest absolute Gasteiger partial charge is 0.0587 e. The van der Waals surface area contributed by atoms with E-state index in [1.165, 1.54) is 0 Å². The lowest BCUT2D eigenvalue weighted by atomic mass is 9.98. The maximum absolute atomic E-state index is 9.19. The molecule has 0 aliphatic heterocycles. The lowest BCUT2D eigenvalue weighted by molar-refractivity contribution is 0.187. The highest BCUT2D eigenvalue weighted by molar-refractivity contribution is 4.75. The Morgan fingerprint density at radius 3 is 2.29 bits per heavy atom. The second-order valence-electron chi connectivity index (χ2n) is 4.11. The SMILES string of the molecule is CCC(C)C(CO)NC(C)CCCO. The normalized spacial score (nSPS) is 17.8. The third kappa shape index (κ3) is 5.58. The van der Waals surface area contributed by atoms with E-state index in [-0.39, 0.29) is 19.3 Å². The average molecular weight is 203 g/mol. The first-order valence-electron chi connectivity index (χ1n) is 5.63. The molecular weight excluding hydrogens is 178 g/mol. The molecule has 86 valence electrons. The Labute approximate surface area is 87.5 Å². The number of hydrogen-bond donors (Lipinski definition) is 3. The van der Waals surface area contributed by atoms with Gasteiger partial charge in [-0.1, -0.05) is 20.3 Å². The minimum atomic E-state index is 0.189. The van der Waals surface area contributed by atoms with E-state index in [4.69, 9.17) is 5.11 Å². The van der Waals surface area contributed by atoms with Gasteiger partial charge in [0, 0.05) is 18.7 Å². The molecule has 3 nitrogen and oxygen atoms in total. The fourth-order valence-electron chi connectivity index (χ4n) is 1.53. The van der Waals surface area contributed by atoms with E-state index >= 15 is 0 Å². The largest absolute Gasteiger partial charge is 0.396 e. The Bertz CT molecular complexity index is 130. The Morgan fingerprint density at radius 2 is 1.86 bits per heavy atom. The first kappa shape index (κ1) is 13.9. The molecule has 3 heteroatoms. The standard InChI is InChI=1S/C11H25NO2/c1-4-9(2)11(8-14)12-10(3)6-5-7-13/h9-14H,4-8H2,1-3H3. The van der Waals surface area contributed by atoms with E-state index in [0.717, 1.165) is 19.3 Å². The van der Waals surface area contributed by atoms with Gasteiger partial charge in [-0.05, 0) is 25.7 Å². The van der Waals surface area contributed by atoms with Gasteiger partial charge in [-0.2, -0.15) is 0 Å². The molecule has 0 radical (unpaired) electrons. The first-order chi connectivity index (χ1) is 6.65. The molecular formula is C11H25NO2. The second kappa shape index (κ2) is 8.21. The molecule has 0 aromatic carbocycles. The molecule has 3 atom stereocenters. The number of rotatable bonds is 8. The van der Waals surface area contributed by atoms with Crippen molar-refractivity contribution in [1.29, 1.82) is 0 Å². The quantitative estimate of drug-likeness (QED) is 0.554.